The van der Waals surface area contributed by atoms with Crippen molar-refractivity contribution in [1.29, 1.82) is 0 Å². The molecule has 0 saturated carbocycles. The summed E-state index contributed by atoms with van der Waals surface area (Å²) in [6.07, 6.45) is -1.13. The van der Waals surface area contributed by atoms with E-state index in [4.69, 9.17) is 14.2 Å². The first kappa shape index (κ1) is 20.7. The van der Waals surface area contributed by atoms with Crippen molar-refractivity contribution in [2.75, 3.05) is 19.0 Å². The number of benzene rings is 2. The van der Waals surface area contributed by atoms with Gasteiger partial charge in [-0.25, -0.2) is 9.18 Å². The van der Waals surface area contributed by atoms with Gasteiger partial charge in [0, 0.05) is 0 Å². The van der Waals surface area contributed by atoms with E-state index in [1.54, 1.807) is 6.07 Å². The molecule has 2 aromatic carbocycles. The van der Waals surface area contributed by atoms with Crippen molar-refractivity contribution in [2.45, 2.75) is 20.0 Å². The van der Waals surface area contributed by atoms with E-state index in [2.05, 4.69) is 21.2 Å². The minimum atomic E-state index is -1.13. The van der Waals surface area contributed by atoms with Crippen LogP contribution in [0.3, 0.4) is 0 Å². The Balaban J connectivity index is 2.10. The molecular weight excluding hydrogens is 421 g/mol. The van der Waals surface area contributed by atoms with Gasteiger partial charge in [-0.15, -0.1) is 0 Å². The van der Waals surface area contributed by atoms with Crippen LogP contribution in [0, 0.1) is 5.82 Å². The smallest absolute Gasteiger partial charge is 0.339 e. The standard InChI is InChI=1S/C19H19BrFNO5/c1-4-26-17-13(20)9-12(10-16(17)25-3)19(24)27-11(2)18(23)22-15-8-6-5-7-14(15)21/h5-11H,4H2,1-3H3,(H,22,23). The largest absolute Gasteiger partial charge is 0.493 e. The molecule has 0 aliphatic heterocycles. The van der Waals surface area contributed by atoms with Gasteiger partial charge in [-0.3, -0.25) is 4.79 Å². The molecule has 0 bridgehead atoms. The monoisotopic (exact) mass is 439 g/mol. The normalized spacial score (nSPS) is 11.4. The molecule has 0 fully saturated rings. The Bertz CT molecular complexity index is 843. The van der Waals surface area contributed by atoms with Crippen molar-refractivity contribution < 1.29 is 28.2 Å². The van der Waals surface area contributed by atoms with E-state index in [0.717, 1.165) is 0 Å². The fourth-order valence-electron chi connectivity index (χ4n) is 2.20. The Morgan fingerprint density at radius 1 is 1.26 bits per heavy atom. The second-order valence-electron chi connectivity index (χ2n) is 5.44. The van der Waals surface area contributed by atoms with Crippen molar-refractivity contribution in [3.63, 3.8) is 0 Å². The molecule has 0 heterocycles. The van der Waals surface area contributed by atoms with Crippen LogP contribution >= 0.6 is 15.9 Å². The summed E-state index contributed by atoms with van der Waals surface area (Å²) in [7, 11) is 1.45. The number of halogens is 2. The van der Waals surface area contributed by atoms with Crippen molar-refractivity contribution in [3.8, 4) is 11.5 Å². The summed E-state index contributed by atoms with van der Waals surface area (Å²) in [5.74, 6) is -1.15. The van der Waals surface area contributed by atoms with Crippen LogP contribution in [-0.2, 0) is 9.53 Å². The molecule has 0 spiro atoms. The van der Waals surface area contributed by atoms with Gasteiger partial charge in [0.15, 0.2) is 17.6 Å². The summed E-state index contributed by atoms with van der Waals surface area (Å²) in [6.45, 7) is 3.64. The van der Waals surface area contributed by atoms with Gasteiger partial charge in [-0.05, 0) is 54.0 Å². The molecule has 1 amide bonds. The van der Waals surface area contributed by atoms with Gasteiger partial charge in [0.1, 0.15) is 5.82 Å². The average Bonchev–Trinajstić information content (AvgIpc) is 2.64. The predicted octanol–water partition coefficient (Wildman–Crippen LogP) is 4.18. The zero-order valence-corrected chi connectivity index (χ0v) is 16.6. The molecule has 2 rings (SSSR count). The van der Waals surface area contributed by atoms with E-state index in [0.29, 0.717) is 22.6 Å². The fraction of sp³-hybridized carbons (Fsp3) is 0.263. The number of hydrogen-bond acceptors (Lipinski definition) is 5. The molecule has 27 heavy (non-hydrogen) atoms. The number of amides is 1. The van der Waals surface area contributed by atoms with Gasteiger partial charge in [0.05, 0.1) is 29.4 Å². The lowest BCUT2D eigenvalue weighted by Gasteiger charge is -2.16. The SMILES string of the molecule is CCOc1c(Br)cc(C(=O)OC(C)C(=O)Nc2ccccc2F)cc1OC. The topological polar surface area (TPSA) is 73.9 Å². The third-order valence-electron chi connectivity index (χ3n) is 3.54. The first-order chi connectivity index (χ1) is 12.9. The Labute approximate surface area is 164 Å². The van der Waals surface area contributed by atoms with E-state index in [9.17, 15) is 14.0 Å². The van der Waals surface area contributed by atoms with Crippen molar-refractivity contribution >= 4 is 33.5 Å². The average molecular weight is 440 g/mol. The van der Waals surface area contributed by atoms with Gasteiger partial charge in [-0.2, -0.15) is 0 Å². The maximum Gasteiger partial charge on any atom is 0.339 e. The third kappa shape index (κ3) is 5.19. The zero-order chi connectivity index (χ0) is 20.0. The number of anilines is 1. The molecule has 0 saturated heterocycles. The Hall–Kier alpha value is -2.61. The van der Waals surface area contributed by atoms with E-state index >= 15 is 0 Å². The number of carbonyl (C=O) groups excluding carboxylic acids is 2. The lowest BCUT2D eigenvalue weighted by molar-refractivity contribution is -0.123. The van der Waals surface area contributed by atoms with Crippen molar-refractivity contribution in [1.82, 2.24) is 0 Å². The van der Waals surface area contributed by atoms with Crippen molar-refractivity contribution in [2.24, 2.45) is 0 Å². The van der Waals surface area contributed by atoms with E-state index in [1.807, 2.05) is 6.92 Å². The van der Waals surface area contributed by atoms with Crippen LogP contribution < -0.4 is 14.8 Å². The van der Waals surface area contributed by atoms with Crippen LogP contribution in [-0.4, -0.2) is 31.7 Å². The molecule has 8 heteroatoms. The molecule has 0 radical (unpaired) electrons. The van der Waals surface area contributed by atoms with Crippen LogP contribution in [0.15, 0.2) is 40.9 Å². The number of para-hydroxylation sites is 1. The lowest BCUT2D eigenvalue weighted by atomic mass is 10.2. The van der Waals surface area contributed by atoms with E-state index in [1.165, 1.54) is 44.4 Å². The number of rotatable bonds is 7. The highest BCUT2D eigenvalue weighted by Gasteiger charge is 2.22. The first-order valence-electron chi connectivity index (χ1n) is 8.14. The Morgan fingerprint density at radius 2 is 1.96 bits per heavy atom. The molecule has 1 unspecified atom stereocenters. The van der Waals surface area contributed by atoms with Gasteiger partial charge < -0.3 is 19.5 Å². The Kier molecular flexibility index (Phi) is 7.18. The highest BCUT2D eigenvalue weighted by molar-refractivity contribution is 9.10. The molecule has 6 nitrogen and oxygen atoms in total. The first-order valence-corrected chi connectivity index (χ1v) is 8.93. The minimum absolute atomic E-state index is 0.0101. The van der Waals surface area contributed by atoms with E-state index < -0.39 is 23.8 Å². The number of ether oxygens (including phenoxy) is 3. The third-order valence-corrected chi connectivity index (χ3v) is 4.13. The molecule has 1 N–H and O–H groups in total. The summed E-state index contributed by atoms with van der Waals surface area (Å²) in [5, 5.41) is 2.38. The van der Waals surface area contributed by atoms with Crippen LogP contribution in [0.1, 0.15) is 24.2 Å². The van der Waals surface area contributed by atoms with E-state index in [-0.39, 0.29) is 11.3 Å². The summed E-state index contributed by atoms with van der Waals surface area (Å²) >= 11 is 3.32. The number of nitrogens with one attached hydrogen (secondary N) is 1. The van der Waals surface area contributed by atoms with Gasteiger partial charge in [0.25, 0.3) is 5.91 Å². The fourth-order valence-corrected chi connectivity index (χ4v) is 2.76. The zero-order valence-electron chi connectivity index (χ0n) is 15.0. The molecule has 0 aromatic heterocycles. The molecule has 2 aromatic rings. The van der Waals surface area contributed by atoms with Crippen LogP contribution in [0.2, 0.25) is 0 Å². The Morgan fingerprint density at radius 3 is 2.59 bits per heavy atom. The summed E-state index contributed by atoms with van der Waals surface area (Å²) in [4.78, 5) is 24.5. The molecule has 144 valence electrons. The minimum Gasteiger partial charge on any atom is -0.493 e. The number of hydrogen-bond donors (Lipinski definition) is 1. The number of carbonyl (C=O) groups is 2. The molecule has 0 aliphatic carbocycles. The number of methoxy groups -OCH3 is 1. The second kappa shape index (κ2) is 9.36. The maximum absolute atomic E-state index is 13.6. The van der Waals surface area contributed by atoms with Gasteiger partial charge >= 0.3 is 5.97 Å². The van der Waals surface area contributed by atoms with Gasteiger partial charge in [0.2, 0.25) is 0 Å². The molecular formula is C19H19BrFNO5. The summed E-state index contributed by atoms with van der Waals surface area (Å²) in [5.41, 5.74) is 0.184. The maximum atomic E-state index is 13.6. The predicted molar refractivity (Wildman–Crippen MR) is 102 cm³/mol. The quantitative estimate of drug-likeness (QED) is 0.654. The van der Waals surface area contributed by atoms with Crippen LogP contribution in [0.5, 0.6) is 11.5 Å². The molecule has 0 aliphatic rings. The highest BCUT2D eigenvalue weighted by atomic mass is 79.9. The lowest BCUT2D eigenvalue weighted by Crippen LogP contribution is -2.30. The van der Waals surface area contributed by atoms with Gasteiger partial charge in [-0.1, -0.05) is 12.1 Å². The highest BCUT2D eigenvalue weighted by Crippen LogP contribution is 2.36. The molecule has 1 atom stereocenters. The summed E-state index contributed by atoms with van der Waals surface area (Å²) < 4.78 is 30.0. The summed E-state index contributed by atoms with van der Waals surface area (Å²) in [6, 6.07) is 8.69. The van der Waals surface area contributed by atoms with Crippen LogP contribution in [0.4, 0.5) is 10.1 Å². The van der Waals surface area contributed by atoms with Crippen LogP contribution in [0.25, 0.3) is 0 Å². The number of esters is 1. The second-order valence-corrected chi connectivity index (χ2v) is 6.29. The van der Waals surface area contributed by atoms with Crippen molar-refractivity contribution in [3.05, 3.63) is 52.3 Å².